The Kier molecular flexibility index (Phi) is 6.37. The van der Waals surface area contributed by atoms with Gasteiger partial charge in [-0.15, -0.1) is 0 Å². The number of hydrogen-bond donors (Lipinski definition) is 1. The Morgan fingerprint density at radius 1 is 1.38 bits per heavy atom. The van der Waals surface area contributed by atoms with Crippen molar-refractivity contribution in [3.05, 3.63) is 0 Å². The topological polar surface area (TPSA) is 21.3 Å². The number of rotatable bonds is 9. The van der Waals surface area contributed by atoms with Crippen LogP contribution in [0.25, 0.3) is 0 Å². The molecule has 16 heavy (non-hydrogen) atoms. The molecule has 1 aliphatic rings. The summed E-state index contributed by atoms with van der Waals surface area (Å²) in [5.41, 5.74) is 0.627. The molecule has 0 aromatic rings. The zero-order valence-corrected chi connectivity index (χ0v) is 11.3. The summed E-state index contributed by atoms with van der Waals surface area (Å²) in [4.78, 5) is 0. The molecule has 0 aromatic carbocycles. The lowest BCUT2D eigenvalue weighted by molar-refractivity contribution is 0.0889. The van der Waals surface area contributed by atoms with Crippen LogP contribution in [0.15, 0.2) is 0 Å². The van der Waals surface area contributed by atoms with Gasteiger partial charge in [0.2, 0.25) is 0 Å². The fraction of sp³-hybridized carbons (Fsp3) is 1.00. The molecule has 1 aliphatic carbocycles. The van der Waals surface area contributed by atoms with Crippen LogP contribution in [-0.4, -0.2) is 26.8 Å². The van der Waals surface area contributed by atoms with E-state index in [1.54, 1.807) is 7.11 Å². The summed E-state index contributed by atoms with van der Waals surface area (Å²) in [7, 11) is 1.77. The van der Waals surface area contributed by atoms with Crippen molar-refractivity contribution in [2.24, 2.45) is 11.3 Å². The Hall–Kier alpha value is -0.0800. The van der Waals surface area contributed by atoms with Gasteiger partial charge in [0.15, 0.2) is 0 Å². The molecular formula is C14H29NO. The number of ether oxygens (including phenoxy) is 1. The summed E-state index contributed by atoms with van der Waals surface area (Å²) in [6.07, 6.45) is 8.43. The molecule has 1 atom stereocenters. The van der Waals surface area contributed by atoms with Crippen molar-refractivity contribution in [1.82, 2.24) is 5.32 Å². The summed E-state index contributed by atoms with van der Waals surface area (Å²) < 4.78 is 5.07. The van der Waals surface area contributed by atoms with Gasteiger partial charge in [0.05, 0.1) is 6.61 Å². The lowest BCUT2D eigenvalue weighted by atomic mass is 9.64. The molecule has 1 unspecified atom stereocenters. The highest BCUT2D eigenvalue weighted by atomic mass is 16.5. The molecule has 0 amide bonds. The quantitative estimate of drug-likeness (QED) is 0.611. The number of hydrogen-bond acceptors (Lipinski definition) is 2. The Balaban J connectivity index is 2.21. The normalized spacial score (nSPS) is 20.4. The molecule has 0 aliphatic heterocycles. The first-order chi connectivity index (χ1) is 7.72. The molecule has 2 heteroatoms. The third-order valence-electron chi connectivity index (χ3n) is 3.96. The van der Waals surface area contributed by atoms with Crippen LogP contribution in [0.4, 0.5) is 0 Å². The van der Waals surface area contributed by atoms with Crippen molar-refractivity contribution in [1.29, 1.82) is 0 Å². The summed E-state index contributed by atoms with van der Waals surface area (Å²) in [6, 6.07) is 0. The molecule has 1 rings (SSSR count). The molecule has 0 saturated heterocycles. The van der Waals surface area contributed by atoms with Gasteiger partial charge in [-0.25, -0.2) is 0 Å². The van der Waals surface area contributed by atoms with Gasteiger partial charge >= 0.3 is 0 Å². The summed E-state index contributed by atoms with van der Waals surface area (Å²) in [5, 5.41) is 3.55. The Bertz CT molecular complexity index is 178. The van der Waals surface area contributed by atoms with E-state index in [-0.39, 0.29) is 0 Å². The minimum atomic E-state index is 0.627. The van der Waals surface area contributed by atoms with E-state index >= 15 is 0 Å². The van der Waals surface area contributed by atoms with Crippen molar-refractivity contribution in [3.63, 3.8) is 0 Å². The zero-order valence-electron chi connectivity index (χ0n) is 11.3. The van der Waals surface area contributed by atoms with Crippen molar-refractivity contribution in [3.8, 4) is 0 Å². The van der Waals surface area contributed by atoms with Crippen LogP contribution in [0.1, 0.15) is 52.4 Å². The van der Waals surface area contributed by atoms with Gasteiger partial charge in [0.25, 0.3) is 0 Å². The molecule has 0 bridgehead atoms. The second kappa shape index (κ2) is 7.29. The molecule has 1 saturated carbocycles. The van der Waals surface area contributed by atoms with Crippen LogP contribution in [0.3, 0.4) is 0 Å². The van der Waals surface area contributed by atoms with E-state index in [2.05, 4.69) is 19.2 Å². The van der Waals surface area contributed by atoms with E-state index in [1.807, 2.05) is 0 Å². The third kappa shape index (κ3) is 4.42. The maximum atomic E-state index is 5.07. The van der Waals surface area contributed by atoms with E-state index in [9.17, 15) is 0 Å². The maximum absolute atomic E-state index is 5.07. The van der Waals surface area contributed by atoms with E-state index in [1.165, 1.54) is 45.1 Å². The predicted octanol–water partition coefficient (Wildman–Crippen LogP) is 3.22. The Morgan fingerprint density at radius 3 is 2.62 bits per heavy atom. The standard InChI is InChI=1S/C14H29NO/c1-4-6-13(2)11-14(7-5-8-14)12-15-9-10-16-3/h13,15H,4-12H2,1-3H3. The predicted molar refractivity (Wildman–Crippen MR) is 69.7 cm³/mol. The van der Waals surface area contributed by atoms with Crippen molar-refractivity contribution in [2.75, 3.05) is 26.8 Å². The average Bonchev–Trinajstić information content (AvgIpc) is 2.20. The van der Waals surface area contributed by atoms with Crippen LogP contribution in [0.2, 0.25) is 0 Å². The van der Waals surface area contributed by atoms with Crippen LogP contribution in [-0.2, 0) is 4.74 Å². The number of methoxy groups -OCH3 is 1. The second-order valence-corrected chi connectivity index (χ2v) is 5.62. The van der Waals surface area contributed by atoms with Gasteiger partial charge in [-0.1, -0.05) is 33.1 Å². The lowest BCUT2D eigenvalue weighted by Crippen LogP contribution is -2.42. The van der Waals surface area contributed by atoms with E-state index in [4.69, 9.17) is 4.74 Å². The second-order valence-electron chi connectivity index (χ2n) is 5.62. The van der Waals surface area contributed by atoms with Crippen LogP contribution < -0.4 is 5.32 Å². The molecule has 0 spiro atoms. The van der Waals surface area contributed by atoms with E-state index < -0.39 is 0 Å². The maximum Gasteiger partial charge on any atom is 0.0587 e. The minimum Gasteiger partial charge on any atom is -0.383 e. The smallest absolute Gasteiger partial charge is 0.0587 e. The van der Waals surface area contributed by atoms with Gasteiger partial charge in [-0.2, -0.15) is 0 Å². The van der Waals surface area contributed by atoms with Gasteiger partial charge in [-0.05, 0) is 30.6 Å². The van der Waals surface area contributed by atoms with Crippen LogP contribution in [0.5, 0.6) is 0 Å². The largest absolute Gasteiger partial charge is 0.383 e. The molecule has 0 radical (unpaired) electrons. The van der Waals surface area contributed by atoms with Crippen molar-refractivity contribution >= 4 is 0 Å². The summed E-state index contributed by atoms with van der Waals surface area (Å²) in [6.45, 7) is 7.74. The lowest BCUT2D eigenvalue weighted by Gasteiger charge is -2.44. The first-order valence-corrected chi connectivity index (χ1v) is 6.92. The Labute approximate surface area is 101 Å². The highest BCUT2D eigenvalue weighted by molar-refractivity contribution is 4.90. The van der Waals surface area contributed by atoms with E-state index in [0.29, 0.717) is 5.41 Å². The molecule has 1 N–H and O–H groups in total. The number of nitrogens with one attached hydrogen (secondary N) is 1. The van der Waals surface area contributed by atoms with Gasteiger partial charge < -0.3 is 10.1 Å². The highest BCUT2D eigenvalue weighted by Gasteiger charge is 2.37. The van der Waals surface area contributed by atoms with Gasteiger partial charge in [0.1, 0.15) is 0 Å². The van der Waals surface area contributed by atoms with Gasteiger partial charge in [-0.3, -0.25) is 0 Å². The van der Waals surface area contributed by atoms with Crippen LogP contribution >= 0.6 is 0 Å². The SMILES string of the molecule is CCCC(C)CC1(CNCCOC)CCC1. The first kappa shape index (κ1) is 14.0. The van der Waals surface area contributed by atoms with Crippen molar-refractivity contribution < 1.29 is 4.74 Å². The average molecular weight is 227 g/mol. The van der Waals surface area contributed by atoms with Crippen molar-refractivity contribution in [2.45, 2.75) is 52.4 Å². The molecule has 0 heterocycles. The highest BCUT2D eigenvalue weighted by Crippen LogP contribution is 2.45. The minimum absolute atomic E-state index is 0.627. The molecule has 1 fully saturated rings. The fourth-order valence-corrected chi connectivity index (χ4v) is 2.99. The van der Waals surface area contributed by atoms with Crippen LogP contribution in [0, 0.1) is 11.3 Å². The molecule has 96 valence electrons. The summed E-state index contributed by atoms with van der Waals surface area (Å²) in [5.74, 6) is 0.898. The Morgan fingerprint density at radius 2 is 2.12 bits per heavy atom. The first-order valence-electron chi connectivity index (χ1n) is 6.92. The third-order valence-corrected chi connectivity index (χ3v) is 3.96. The van der Waals surface area contributed by atoms with E-state index in [0.717, 1.165) is 19.1 Å². The molecular weight excluding hydrogens is 198 g/mol. The molecule has 0 aromatic heterocycles. The zero-order chi connectivity index (χ0) is 11.9. The summed E-state index contributed by atoms with van der Waals surface area (Å²) >= 11 is 0. The van der Waals surface area contributed by atoms with Gasteiger partial charge in [0, 0.05) is 20.2 Å². The molecule has 2 nitrogen and oxygen atoms in total. The monoisotopic (exact) mass is 227 g/mol. The fourth-order valence-electron chi connectivity index (χ4n) is 2.99.